The molecule has 2 rings (SSSR count). The molecule has 1 aromatic rings. The minimum atomic E-state index is -0.368. The van der Waals surface area contributed by atoms with Crippen molar-refractivity contribution in [2.45, 2.75) is 108 Å². The highest BCUT2D eigenvalue weighted by Crippen LogP contribution is 2.45. The largest absolute Gasteiger partial charge is 0.463 e. The van der Waals surface area contributed by atoms with Gasteiger partial charge in [-0.2, -0.15) is 0 Å². The number of alkyl halides is 1. The summed E-state index contributed by atoms with van der Waals surface area (Å²) in [5.74, 6) is 0.798. The number of hydrogen-bond acceptors (Lipinski definition) is 3. The molecule has 0 bridgehead atoms. The van der Waals surface area contributed by atoms with Crippen molar-refractivity contribution in [1.29, 1.82) is 0 Å². The summed E-state index contributed by atoms with van der Waals surface area (Å²) in [6, 6.07) is 8.50. The molecular weight excluding hydrogens is 408 g/mol. The minimum absolute atomic E-state index is 0.0378. The molecule has 31 heavy (non-hydrogen) atoms. The Morgan fingerprint density at radius 2 is 1.90 bits per heavy atom. The number of hydrogen-bond donors (Lipinski definition) is 1. The van der Waals surface area contributed by atoms with Crippen LogP contribution in [0.25, 0.3) is 0 Å². The molecule has 4 heteroatoms. The van der Waals surface area contributed by atoms with Crippen LogP contribution in [-0.4, -0.2) is 22.6 Å². The van der Waals surface area contributed by atoms with Crippen molar-refractivity contribution in [3.8, 4) is 0 Å². The number of aliphatic hydroxyl groups excluding tert-OH is 1. The van der Waals surface area contributed by atoms with Crippen molar-refractivity contribution in [1.82, 2.24) is 0 Å². The molecule has 1 aliphatic rings. The van der Waals surface area contributed by atoms with Crippen LogP contribution in [0.5, 0.6) is 0 Å². The van der Waals surface area contributed by atoms with Gasteiger partial charge in [0.1, 0.15) is 0 Å². The van der Waals surface area contributed by atoms with Crippen molar-refractivity contribution < 1.29 is 14.6 Å². The van der Waals surface area contributed by atoms with Crippen molar-refractivity contribution >= 4 is 17.6 Å². The Hall–Kier alpha value is -1.32. The summed E-state index contributed by atoms with van der Waals surface area (Å²) in [7, 11) is 0. The van der Waals surface area contributed by atoms with Gasteiger partial charge < -0.3 is 9.84 Å². The van der Waals surface area contributed by atoms with E-state index in [4.69, 9.17) is 16.3 Å². The normalized spacial score (nSPS) is 22.3. The quantitative estimate of drug-likeness (QED) is 0.147. The zero-order valence-corrected chi connectivity index (χ0v) is 20.3. The number of ether oxygens (including phenoxy) is 1. The summed E-state index contributed by atoms with van der Waals surface area (Å²) in [4.78, 5) is 11.6. The molecule has 1 N–H and O–H groups in total. The van der Waals surface area contributed by atoms with Crippen molar-refractivity contribution in [2.75, 3.05) is 0 Å². The Morgan fingerprint density at radius 3 is 2.58 bits per heavy atom. The molecule has 0 amide bonds. The lowest BCUT2D eigenvalue weighted by Gasteiger charge is -2.22. The smallest absolute Gasteiger partial charge is 0.306 e. The van der Waals surface area contributed by atoms with Gasteiger partial charge in [0.2, 0.25) is 0 Å². The van der Waals surface area contributed by atoms with Crippen LogP contribution in [0.3, 0.4) is 0 Å². The molecule has 1 aromatic carbocycles. The average Bonchev–Trinajstić information content (AvgIpc) is 3.10. The number of esters is 1. The topological polar surface area (TPSA) is 46.5 Å². The number of unbranched alkanes of at least 4 members (excludes halogenated alkanes) is 3. The number of benzene rings is 1. The maximum Gasteiger partial charge on any atom is 0.306 e. The van der Waals surface area contributed by atoms with Crippen LogP contribution in [0.2, 0.25) is 0 Å². The van der Waals surface area contributed by atoms with Crippen LogP contribution in [0.15, 0.2) is 36.4 Å². The van der Waals surface area contributed by atoms with Gasteiger partial charge in [-0.25, -0.2) is 0 Å². The highest BCUT2D eigenvalue weighted by Gasteiger charge is 2.35. The van der Waals surface area contributed by atoms with Gasteiger partial charge in [0.15, 0.2) is 0 Å². The SMILES string of the molecule is CCCCC[C@@H](O)c1ccc([C@@H]2C(C/C=C\CCCC(=O)OC(C)C)CC[C@H]2Cl)cc1. The van der Waals surface area contributed by atoms with Gasteiger partial charge in [0.25, 0.3) is 0 Å². The lowest BCUT2D eigenvalue weighted by Crippen LogP contribution is -2.13. The highest BCUT2D eigenvalue weighted by molar-refractivity contribution is 6.21. The van der Waals surface area contributed by atoms with Crippen LogP contribution in [0.1, 0.15) is 108 Å². The summed E-state index contributed by atoms with van der Waals surface area (Å²) in [5.41, 5.74) is 2.30. The van der Waals surface area contributed by atoms with Crippen LogP contribution >= 0.6 is 11.6 Å². The summed E-state index contributed by atoms with van der Waals surface area (Å²) in [6.45, 7) is 5.94. The number of halogens is 1. The van der Waals surface area contributed by atoms with E-state index in [0.717, 1.165) is 50.5 Å². The van der Waals surface area contributed by atoms with Crippen molar-refractivity contribution in [3.05, 3.63) is 47.5 Å². The van der Waals surface area contributed by atoms with E-state index >= 15 is 0 Å². The molecule has 1 aliphatic carbocycles. The van der Waals surface area contributed by atoms with E-state index in [2.05, 4.69) is 43.3 Å². The summed E-state index contributed by atoms with van der Waals surface area (Å²) in [5, 5.41) is 10.6. The monoisotopic (exact) mass is 448 g/mol. The standard InChI is InChI=1S/C27H41ClO3/c1-4-5-8-12-25(29)21-14-16-23(17-15-21)27-22(18-19-24(27)28)11-9-6-7-10-13-26(30)31-20(2)3/h6,9,14-17,20,22,24-25,27,29H,4-5,7-8,10-13,18-19H2,1-3H3/b9-6-/t22?,24-,25-,27+/m1/s1. The molecule has 1 saturated carbocycles. The van der Waals surface area contributed by atoms with Gasteiger partial charge in [-0.15, -0.1) is 11.6 Å². The zero-order valence-electron chi connectivity index (χ0n) is 19.6. The summed E-state index contributed by atoms with van der Waals surface area (Å²) >= 11 is 6.71. The maximum atomic E-state index is 11.6. The molecule has 0 aliphatic heterocycles. The van der Waals surface area contributed by atoms with Gasteiger partial charge >= 0.3 is 5.97 Å². The fourth-order valence-electron chi connectivity index (χ4n) is 4.54. The van der Waals surface area contributed by atoms with Crippen LogP contribution in [0, 0.1) is 5.92 Å². The number of carbonyl (C=O) groups is 1. The third kappa shape index (κ3) is 8.98. The number of allylic oxidation sites excluding steroid dienone is 2. The number of carbonyl (C=O) groups excluding carboxylic acids is 1. The fraction of sp³-hybridized carbons (Fsp3) is 0.667. The first-order valence-corrected chi connectivity index (χ1v) is 12.6. The molecule has 4 atom stereocenters. The molecule has 1 fully saturated rings. The third-order valence-corrected chi connectivity index (χ3v) is 6.71. The van der Waals surface area contributed by atoms with E-state index in [0.29, 0.717) is 18.3 Å². The maximum absolute atomic E-state index is 11.6. The van der Waals surface area contributed by atoms with Gasteiger partial charge in [0, 0.05) is 17.7 Å². The Balaban J connectivity index is 1.83. The van der Waals surface area contributed by atoms with Crippen LogP contribution in [-0.2, 0) is 9.53 Å². The van der Waals surface area contributed by atoms with Crippen LogP contribution < -0.4 is 0 Å². The predicted octanol–water partition coefficient (Wildman–Crippen LogP) is 7.47. The Kier molecular flexibility index (Phi) is 11.7. The summed E-state index contributed by atoms with van der Waals surface area (Å²) < 4.78 is 5.17. The Labute approximate surface area is 194 Å². The Bertz CT molecular complexity index is 668. The van der Waals surface area contributed by atoms with Crippen molar-refractivity contribution in [2.24, 2.45) is 5.92 Å². The van der Waals surface area contributed by atoms with E-state index in [1.54, 1.807) is 0 Å². The fourth-order valence-corrected chi connectivity index (χ4v) is 5.02. The Morgan fingerprint density at radius 1 is 1.16 bits per heavy atom. The molecule has 0 aromatic heterocycles. The van der Waals surface area contributed by atoms with E-state index in [1.807, 2.05) is 13.8 Å². The second kappa shape index (κ2) is 14.0. The van der Waals surface area contributed by atoms with Crippen LogP contribution in [0.4, 0.5) is 0 Å². The molecule has 0 radical (unpaired) electrons. The molecule has 0 saturated heterocycles. The first kappa shape index (κ1) is 25.9. The average molecular weight is 449 g/mol. The molecule has 0 heterocycles. The van der Waals surface area contributed by atoms with E-state index in [9.17, 15) is 9.90 Å². The second-order valence-corrected chi connectivity index (χ2v) is 9.76. The van der Waals surface area contributed by atoms with Gasteiger partial charge in [-0.3, -0.25) is 4.79 Å². The third-order valence-electron chi connectivity index (χ3n) is 6.22. The molecule has 1 unspecified atom stereocenters. The zero-order chi connectivity index (χ0) is 22.6. The second-order valence-electron chi connectivity index (χ2n) is 9.20. The first-order chi connectivity index (χ1) is 14.9. The van der Waals surface area contributed by atoms with E-state index < -0.39 is 0 Å². The van der Waals surface area contributed by atoms with Gasteiger partial charge in [-0.05, 0) is 69.4 Å². The number of rotatable bonds is 13. The van der Waals surface area contributed by atoms with Gasteiger partial charge in [0.05, 0.1) is 12.2 Å². The highest BCUT2D eigenvalue weighted by atomic mass is 35.5. The van der Waals surface area contributed by atoms with Gasteiger partial charge in [-0.1, -0.05) is 62.6 Å². The molecular formula is C27H41ClO3. The number of aliphatic hydroxyl groups is 1. The molecule has 3 nitrogen and oxygen atoms in total. The lowest BCUT2D eigenvalue weighted by atomic mass is 9.85. The van der Waals surface area contributed by atoms with E-state index in [1.165, 1.54) is 18.4 Å². The predicted molar refractivity (Wildman–Crippen MR) is 129 cm³/mol. The molecule has 174 valence electrons. The first-order valence-electron chi connectivity index (χ1n) is 12.2. The minimum Gasteiger partial charge on any atom is -0.463 e. The van der Waals surface area contributed by atoms with Crippen molar-refractivity contribution in [3.63, 3.8) is 0 Å². The lowest BCUT2D eigenvalue weighted by molar-refractivity contribution is -0.147. The summed E-state index contributed by atoms with van der Waals surface area (Å²) in [6.07, 6.45) is 13.7. The van der Waals surface area contributed by atoms with E-state index in [-0.39, 0.29) is 23.6 Å². The molecule has 0 spiro atoms.